The lowest BCUT2D eigenvalue weighted by molar-refractivity contribution is 0.579. The van der Waals surface area contributed by atoms with Crippen LogP contribution in [0.1, 0.15) is 12.0 Å². The number of hydrogen-bond donors (Lipinski definition) is 1. The van der Waals surface area contributed by atoms with Crippen molar-refractivity contribution in [3.05, 3.63) is 58.1 Å². The second-order valence-electron chi connectivity index (χ2n) is 5.54. The van der Waals surface area contributed by atoms with Crippen LogP contribution in [-0.2, 0) is 10.0 Å². The number of benzene rings is 2. The quantitative estimate of drug-likeness (QED) is 0.728. The molecule has 1 N–H and O–H groups in total. The first-order valence-corrected chi connectivity index (χ1v) is 9.76. The molecule has 2 rings (SSSR count). The van der Waals surface area contributed by atoms with Crippen molar-refractivity contribution in [1.82, 2.24) is 4.72 Å². The second-order valence-corrected chi connectivity index (χ2v) is 8.09. The van der Waals surface area contributed by atoms with Crippen LogP contribution < -0.4 is 9.62 Å². The van der Waals surface area contributed by atoms with Crippen LogP contribution in [0.5, 0.6) is 0 Å². The molecule has 0 aliphatic heterocycles. The van der Waals surface area contributed by atoms with Crippen LogP contribution in [0.4, 0.5) is 5.69 Å². The highest BCUT2D eigenvalue weighted by Gasteiger charge is 2.18. The number of nitrogens with one attached hydrogen (secondary N) is 1. The summed E-state index contributed by atoms with van der Waals surface area (Å²) in [6, 6.07) is 12.9. The van der Waals surface area contributed by atoms with Crippen molar-refractivity contribution >= 4 is 38.9 Å². The van der Waals surface area contributed by atoms with Gasteiger partial charge in [-0.1, -0.05) is 41.4 Å². The van der Waals surface area contributed by atoms with Crippen molar-refractivity contribution in [2.75, 3.05) is 25.0 Å². The third kappa shape index (κ3) is 4.86. The van der Waals surface area contributed by atoms with Crippen LogP contribution in [0.3, 0.4) is 0 Å². The van der Waals surface area contributed by atoms with E-state index in [-0.39, 0.29) is 9.92 Å². The molecule has 0 saturated carbocycles. The minimum atomic E-state index is -3.65. The fourth-order valence-corrected chi connectivity index (χ4v) is 4.15. The summed E-state index contributed by atoms with van der Waals surface area (Å²) in [5, 5.41) is 0.572. The third-order valence-electron chi connectivity index (χ3n) is 3.66. The zero-order chi connectivity index (χ0) is 17.7. The molecule has 0 heterocycles. The standard InChI is InChI=1S/C17H20Cl2N2O2S/c1-13-11-17(16(19)12-15(13)18)24(22,23)20-9-6-10-21(2)14-7-4-3-5-8-14/h3-5,7-8,11-12,20H,6,9-10H2,1-2H3. The molecule has 0 amide bonds. The van der Waals surface area contributed by atoms with Crippen LogP contribution in [-0.4, -0.2) is 28.6 Å². The summed E-state index contributed by atoms with van der Waals surface area (Å²) >= 11 is 12.0. The highest BCUT2D eigenvalue weighted by molar-refractivity contribution is 7.89. The molecule has 130 valence electrons. The number of anilines is 1. The number of nitrogens with zero attached hydrogens (tertiary/aromatic N) is 1. The first-order valence-electron chi connectivity index (χ1n) is 7.53. The molecule has 0 unspecified atom stereocenters. The first kappa shape index (κ1) is 19.1. The van der Waals surface area contributed by atoms with Gasteiger partial charge in [0.1, 0.15) is 4.90 Å². The summed E-state index contributed by atoms with van der Waals surface area (Å²) in [6.07, 6.45) is 0.675. The summed E-state index contributed by atoms with van der Waals surface area (Å²) < 4.78 is 27.3. The van der Waals surface area contributed by atoms with Crippen molar-refractivity contribution in [3.8, 4) is 0 Å². The molecule has 4 nitrogen and oxygen atoms in total. The minimum Gasteiger partial charge on any atom is -0.375 e. The summed E-state index contributed by atoms with van der Waals surface area (Å²) in [7, 11) is -1.68. The van der Waals surface area contributed by atoms with Gasteiger partial charge in [0.05, 0.1) is 5.02 Å². The number of halogens is 2. The largest absolute Gasteiger partial charge is 0.375 e. The van der Waals surface area contributed by atoms with Crippen molar-refractivity contribution in [2.24, 2.45) is 0 Å². The fourth-order valence-electron chi connectivity index (χ4n) is 2.25. The number of aryl methyl sites for hydroxylation is 1. The smallest absolute Gasteiger partial charge is 0.242 e. The Morgan fingerprint density at radius 2 is 1.75 bits per heavy atom. The normalized spacial score (nSPS) is 11.5. The van der Waals surface area contributed by atoms with Crippen molar-refractivity contribution in [1.29, 1.82) is 0 Å². The molecule has 0 radical (unpaired) electrons. The highest BCUT2D eigenvalue weighted by atomic mass is 35.5. The Morgan fingerprint density at radius 1 is 1.08 bits per heavy atom. The lowest BCUT2D eigenvalue weighted by Gasteiger charge is -2.19. The maximum atomic E-state index is 12.4. The lowest BCUT2D eigenvalue weighted by Crippen LogP contribution is -2.28. The maximum Gasteiger partial charge on any atom is 0.242 e. The summed E-state index contributed by atoms with van der Waals surface area (Å²) in [5.41, 5.74) is 1.77. The first-order chi connectivity index (χ1) is 11.3. The molecule has 7 heteroatoms. The van der Waals surface area contributed by atoms with Gasteiger partial charge in [-0.25, -0.2) is 13.1 Å². The van der Waals surface area contributed by atoms with E-state index >= 15 is 0 Å². The summed E-state index contributed by atoms with van der Waals surface area (Å²) in [4.78, 5) is 2.13. The van der Waals surface area contributed by atoms with Crippen molar-refractivity contribution in [2.45, 2.75) is 18.2 Å². The van der Waals surface area contributed by atoms with E-state index in [9.17, 15) is 8.42 Å². The molecule has 0 fully saturated rings. The van der Waals surface area contributed by atoms with Gasteiger partial charge in [0, 0.05) is 30.8 Å². The monoisotopic (exact) mass is 386 g/mol. The predicted molar refractivity (Wildman–Crippen MR) is 101 cm³/mol. The summed E-state index contributed by atoms with van der Waals surface area (Å²) in [5.74, 6) is 0. The van der Waals surface area contributed by atoms with E-state index in [4.69, 9.17) is 23.2 Å². The van der Waals surface area contributed by atoms with Crippen LogP contribution in [0.25, 0.3) is 0 Å². The van der Waals surface area contributed by atoms with Gasteiger partial charge >= 0.3 is 0 Å². The molecule has 0 bridgehead atoms. The maximum absolute atomic E-state index is 12.4. The number of rotatable bonds is 7. The second kappa shape index (κ2) is 8.21. The van der Waals surface area contributed by atoms with E-state index in [1.807, 2.05) is 37.4 Å². The molecule has 0 aliphatic rings. The van der Waals surface area contributed by atoms with Gasteiger partial charge in [0.15, 0.2) is 0 Å². The predicted octanol–water partition coefficient (Wildman–Crippen LogP) is 4.11. The van der Waals surface area contributed by atoms with Gasteiger partial charge in [-0.2, -0.15) is 0 Å². The topological polar surface area (TPSA) is 49.4 Å². The molecule has 0 saturated heterocycles. The van der Waals surface area contributed by atoms with E-state index in [0.29, 0.717) is 23.6 Å². The lowest BCUT2D eigenvalue weighted by atomic mass is 10.2. The van der Waals surface area contributed by atoms with Crippen molar-refractivity contribution in [3.63, 3.8) is 0 Å². The average molecular weight is 387 g/mol. The van der Waals surface area contributed by atoms with Gasteiger partial charge in [-0.15, -0.1) is 0 Å². The van der Waals surface area contributed by atoms with E-state index in [1.165, 1.54) is 12.1 Å². The zero-order valence-corrected chi connectivity index (χ0v) is 15.9. The Labute approximate surface area is 153 Å². The molecule has 24 heavy (non-hydrogen) atoms. The van der Waals surface area contributed by atoms with Gasteiger partial charge < -0.3 is 4.90 Å². The molecule has 2 aromatic rings. The summed E-state index contributed by atoms with van der Waals surface area (Å²) in [6.45, 7) is 2.81. The van der Waals surface area contributed by atoms with E-state index in [1.54, 1.807) is 6.92 Å². The van der Waals surface area contributed by atoms with E-state index in [2.05, 4.69) is 9.62 Å². The van der Waals surface area contributed by atoms with Gasteiger partial charge in [0.2, 0.25) is 10.0 Å². The minimum absolute atomic E-state index is 0.0579. The van der Waals surface area contributed by atoms with Crippen molar-refractivity contribution < 1.29 is 8.42 Å². The molecule has 0 spiro atoms. The molecular formula is C17H20Cl2N2O2S. The molecule has 0 aliphatic carbocycles. The molecular weight excluding hydrogens is 367 g/mol. The SMILES string of the molecule is Cc1cc(S(=O)(=O)NCCCN(C)c2ccccc2)c(Cl)cc1Cl. The Bertz CT molecular complexity index is 796. The Hall–Kier alpha value is -1.27. The van der Waals surface area contributed by atoms with Gasteiger partial charge in [-0.05, 0) is 43.2 Å². The fraction of sp³-hybridized carbons (Fsp3) is 0.294. The number of sulfonamides is 1. The molecule has 0 atom stereocenters. The zero-order valence-electron chi connectivity index (χ0n) is 13.6. The van der Waals surface area contributed by atoms with Crippen LogP contribution in [0.15, 0.2) is 47.4 Å². The van der Waals surface area contributed by atoms with Crippen LogP contribution in [0.2, 0.25) is 10.0 Å². The van der Waals surface area contributed by atoms with Crippen LogP contribution in [0, 0.1) is 6.92 Å². The molecule has 0 aromatic heterocycles. The van der Waals surface area contributed by atoms with E-state index in [0.717, 1.165) is 12.2 Å². The average Bonchev–Trinajstić information content (AvgIpc) is 2.55. The third-order valence-corrected chi connectivity index (χ3v) is 5.99. The van der Waals surface area contributed by atoms with E-state index < -0.39 is 10.0 Å². The number of hydrogen-bond acceptors (Lipinski definition) is 3. The Morgan fingerprint density at radius 3 is 2.42 bits per heavy atom. The van der Waals surface area contributed by atoms with Gasteiger partial charge in [-0.3, -0.25) is 0 Å². The Balaban J connectivity index is 1.93. The number of para-hydroxylation sites is 1. The highest BCUT2D eigenvalue weighted by Crippen LogP contribution is 2.28. The molecule has 2 aromatic carbocycles. The van der Waals surface area contributed by atoms with Gasteiger partial charge in [0.25, 0.3) is 0 Å². The van der Waals surface area contributed by atoms with Crippen LogP contribution >= 0.6 is 23.2 Å². The Kier molecular flexibility index (Phi) is 6.52.